The van der Waals surface area contributed by atoms with Gasteiger partial charge >= 0.3 is 5.97 Å². The van der Waals surface area contributed by atoms with Crippen molar-refractivity contribution in [3.05, 3.63) is 12.7 Å². The second-order valence-electron chi connectivity index (χ2n) is 4.96. The van der Waals surface area contributed by atoms with Crippen LogP contribution in [0.1, 0.15) is 33.1 Å². The quantitative estimate of drug-likeness (QED) is 0.499. The van der Waals surface area contributed by atoms with Gasteiger partial charge in [-0.15, -0.1) is 0 Å². The van der Waals surface area contributed by atoms with Crippen LogP contribution >= 0.6 is 0 Å². The lowest BCUT2D eigenvalue weighted by molar-refractivity contribution is -0.149. The van der Waals surface area contributed by atoms with Crippen molar-refractivity contribution >= 4 is 5.97 Å². The third kappa shape index (κ3) is 1.20. The second kappa shape index (κ2) is 3.11. The molecule has 0 heterocycles. The molecule has 0 aromatic rings. The fourth-order valence-electron chi connectivity index (χ4n) is 3.20. The number of carbonyl (C=O) groups is 1. The van der Waals surface area contributed by atoms with Crippen LogP contribution in [-0.2, 0) is 9.53 Å². The van der Waals surface area contributed by atoms with Crippen molar-refractivity contribution in [3.8, 4) is 0 Å². The van der Waals surface area contributed by atoms with Crippen molar-refractivity contribution in [2.24, 2.45) is 17.3 Å². The Morgan fingerprint density at radius 2 is 2.36 bits per heavy atom. The van der Waals surface area contributed by atoms with E-state index in [2.05, 4.69) is 20.4 Å². The molecule has 0 amide bonds. The van der Waals surface area contributed by atoms with Crippen LogP contribution in [0.3, 0.4) is 0 Å². The number of carbonyl (C=O) groups excluding carboxylic acids is 1. The highest BCUT2D eigenvalue weighted by molar-refractivity contribution is 5.81. The lowest BCUT2D eigenvalue weighted by Gasteiger charge is -2.32. The molecular formula is C12H18O2. The lowest BCUT2D eigenvalue weighted by Crippen LogP contribution is -2.33. The average molecular weight is 194 g/mol. The van der Waals surface area contributed by atoms with Crippen LogP contribution in [-0.4, -0.2) is 12.1 Å². The normalized spacial score (nSPS) is 45.1. The number of fused-ring (bicyclic) bond motifs is 2. The van der Waals surface area contributed by atoms with E-state index in [-0.39, 0.29) is 17.5 Å². The molecule has 2 bridgehead atoms. The Bertz CT molecular complexity index is 271. The van der Waals surface area contributed by atoms with E-state index in [9.17, 15) is 4.79 Å². The predicted molar refractivity (Wildman–Crippen MR) is 54.7 cm³/mol. The van der Waals surface area contributed by atoms with Crippen molar-refractivity contribution in [1.29, 1.82) is 0 Å². The van der Waals surface area contributed by atoms with Gasteiger partial charge in [0, 0.05) is 11.5 Å². The zero-order valence-electron chi connectivity index (χ0n) is 8.95. The summed E-state index contributed by atoms with van der Waals surface area (Å²) in [5.41, 5.74) is 0.226. The molecule has 0 spiro atoms. The molecule has 2 nitrogen and oxygen atoms in total. The fraction of sp³-hybridized carbons (Fsp3) is 0.750. The van der Waals surface area contributed by atoms with Gasteiger partial charge in [-0.1, -0.05) is 20.4 Å². The summed E-state index contributed by atoms with van der Waals surface area (Å²) in [6, 6.07) is 0. The van der Waals surface area contributed by atoms with Crippen LogP contribution in [0, 0.1) is 17.3 Å². The Labute approximate surface area is 85.3 Å². The van der Waals surface area contributed by atoms with E-state index in [1.54, 1.807) is 0 Å². The molecular weight excluding hydrogens is 176 g/mol. The zero-order valence-corrected chi connectivity index (χ0v) is 8.95. The summed E-state index contributed by atoms with van der Waals surface area (Å²) in [6.07, 6.45) is 4.95. The topological polar surface area (TPSA) is 26.3 Å². The maximum Gasteiger partial charge on any atom is 0.330 e. The fourth-order valence-corrected chi connectivity index (χ4v) is 3.20. The van der Waals surface area contributed by atoms with Crippen LogP contribution in [0.25, 0.3) is 0 Å². The van der Waals surface area contributed by atoms with Crippen LogP contribution in [0.5, 0.6) is 0 Å². The highest BCUT2D eigenvalue weighted by Crippen LogP contribution is 2.58. The summed E-state index contributed by atoms with van der Waals surface area (Å²) in [5, 5.41) is 0. The molecule has 4 unspecified atom stereocenters. The molecule has 0 saturated heterocycles. The highest BCUT2D eigenvalue weighted by Gasteiger charge is 2.55. The molecule has 0 N–H and O–H groups in total. The third-order valence-corrected chi connectivity index (χ3v) is 4.48. The van der Waals surface area contributed by atoms with Gasteiger partial charge < -0.3 is 4.74 Å². The maximum absolute atomic E-state index is 11.2. The maximum atomic E-state index is 11.2. The highest BCUT2D eigenvalue weighted by atomic mass is 16.5. The van der Waals surface area contributed by atoms with Crippen molar-refractivity contribution in [1.82, 2.24) is 0 Å². The van der Waals surface area contributed by atoms with E-state index < -0.39 is 0 Å². The smallest absolute Gasteiger partial charge is 0.330 e. The van der Waals surface area contributed by atoms with Crippen molar-refractivity contribution in [2.75, 3.05) is 0 Å². The Morgan fingerprint density at radius 3 is 2.79 bits per heavy atom. The number of rotatable bonds is 2. The number of hydrogen-bond donors (Lipinski definition) is 0. The zero-order chi connectivity index (χ0) is 10.3. The Hall–Kier alpha value is -0.790. The molecule has 2 aliphatic carbocycles. The van der Waals surface area contributed by atoms with Crippen molar-refractivity contribution in [2.45, 2.75) is 39.2 Å². The van der Waals surface area contributed by atoms with Crippen LogP contribution < -0.4 is 0 Å². The summed E-state index contributed by atoms with van der Waals surface area (Å²) in [6.45, 7) is 7.98. The molecule has 78 valence electrons. The minimum atomic E-state index is -0.268. The SMILES string of the molecule is C=CC(=O)OC1CC2CCC1(C)C2C. The Morgan fingerprint density at radius 1 is 1.64 bits per heavy atom. The summed E-state index contributed by atoms with van der Waals surface area (Å²) in [4.78, 5) is 11.2. The van der Waals surface area contributed by atoms with E-state index in [0.717, 1.165) is 12.3 Å². The second-order valence-corrected chi connectivity index (χ2v) is 4.96. The summed E-state index contributed by atoms with van der Waals surface area (Å²) in [5.74, 6) is 1.20. The number of esters is 1. The van der Waals surface area contributed by atoms with Gasteiger partial charge in [0.15, 0.2) is 0 Å². The largest absolute Gasteiger partial charge is 0.459 e. The Balaban J connectivity index is 2.09. The first kappa shape index (κ1) is 9.75. The molecule has 4 atom stereocenters. The molecule has 2 heteroatoms. The summed E-state index contributed by atoms with van der Waals surface area (Å²) < 4.78 is 5.41. The molecule has 2 aliphatic rings. The molecule has 2 saturated carbocycles. The van der Waals surface area contributed by atoms with Gasteiger partial charge in [-0.25, -0.2) is 4.79 Å². The molecule has 14 heavy (non-hydrogen) atoms. The van der Waals surface area contributed by atoms with Gasteiger partial charge in [-0.05, 0) is 31.1 Å². The molecule has 2 fully saturated rings. The predicted octanol–water partition coefficient (Wildman–Crippen LogP) is 2.54. The van der Waals surface area contributed by atoms with Crippen LogP contribution in [0.4, 0.5) is 0 Å². The van der Waals surface area contributed by atoms with E-state index in [1.165, 1.54) is 18.9 Å². The molecule has 0 radical (unpaired) electrons. The molecule has 0 aromatic heterocycles. The van der Waals surface area contributed by atoms with Gasteiger partial charge in [-0.3, -0.25) is 0 Å². The van der Waals surface area contributed by atoms with E-state index in [1.807, 2.05) is 0 Å². The van der Waals surface area contributed by atoms with Crippen molar-refractivity contribution < 1.29 is 9.53 Å². The number of ether oxygens (including phenoxy) is 1. The Kier molecular flexibility index (Phi) is 2.17. The van der Waals surface area contributed by atoms with Gasteiger partial charge in [0.1, 0.15) is 6.10 Å². The van der Waals surface area contributed by atoms with Gasteiger partial charge in [0.25, 0.3) is 0 Å². The molecule has 0 aliphatic heterocycles. The standard InChI is InChI=1S/C12H18O2/c1-4-11(13)14-10-7-9-5-6-12(10,3)8(9)2/h4,8-10H,1,5-7H2,2-3H3. The van der Waals surface area contributed by atoms with Gasteiger partial charge in [0.05, 0.1) is 0 Å². The minimum absolute atomic E-state index is 0.127. The first-order valence-corrected chi connectivity index (χ1v) is 5.41. The van der Waals surface area contributed by atoms with E-state index in [4.69, 9.17) is 4.74 Å². The first-order chi connectivity index (χ1) is 6.58. The minimum Gasteiger partial charge on any atom is -0.459 e. The van der Waals surface area contributed by atoms with E-state index in [0.29, 0.717) is 5.92 Å². The van der Waals surface area contributed by atoms with Crippen LogP contribution in [0.15, 0.2) is 12.7 Å². The lowest BCUT2D eigenvalue weighted by atomic mass is 9.80. The molecule has 0 aromatic carbocycles. The molecule has 2 rings (SSSR count). The van der Waals surface area contributed by atoms with Crippen LogP contribution in [0.2, 0.25) is 0 Å². The first-order valence-electron chi connectivity index (χ1n) is 5.41. The van der Waals surface area contributed by atoms with Gasteiger partial charge in [-0.2, -0.15) is 0 Å². The van der Waals surface area contributed by atoms with E-state index >= 15 is 0 Å². The van der Waals surface area contributed by atoms with Gasteiger partial charge in [0.2, 0.25) is 0 Å². The monoisotopic (exact) mass is 194 g/mol. The summed E-state index contributed by atoms with van der Waals surface area (Å²) >= 11 is 0. The number of hydrogen-bond acceptors (Lipinski definition) is 2. The van der Waals surface area contributed by atoms with Crippen molar-refractivity contribution in [3.63, 3.8) is 0 Å². The third-order valence-electron chi connectivity index (χ3n) is 4.48. The average Bonchev–Trinajstić information content (AvgIpc) is 2.56. The summed E-state index contributed by atoms with van der Waals surface area (Å²) in [7, 11) is 0.